The molecule has 0 saturated heterocycles. The molecule has 200 valence electrons. The van der Waals surface area contributed by atoms with Crippen LogP contribution in [0.4, 0.5) is 0 Å². The lowest BCUT2D eigenvalue weighted by molar-refractivity contribution is -0.689. The number of pyridine rings is 1. The first-order chi connectivity index (χ1) is 18.8. The molecule has 0 fully saturated rings. The molecule has 0 radical (unpaired) electrons. The normalized spacial score (nSPS) is 16.4. The second-order valence-electron chi connectivity index (χ2n) is 10.3. The smallest absolute Gasteiger partial charge is 0.244 e. The van der Waals surface area contributed by atoms with Gasteiger partial charge in [0.05, 0.1) is 37.7 Å². The van der Waals surface area contributed by atoms with Crippen molar-refractivity contribution in [1.29, 1.82) is 0 Å². The summed E-state index contributed by atoms with van der Waals surface area (Å²) in [6.07, 6.45) is 22.2. The van der Waals surface area contributed by atoms with E-state index in [-0.39, 0.29) is 0 Å². The van der Waals surface area contributed by atoms with Crippen LogP contribution >= 0.6 is 0 Å². The number of ether oxygens (including phenoxy) is 2. The fourth-order valence-corrected chi connectivity index (χ4v) is 4.94. The third-order valence-corrected chi connectivity index (χ3v) is 7.01. The van der Waals surface area contributed by atoms with E-state index in [0.29, 0.717) is 0 Å². The second-order valence-corrected chi connectivity index (χ2v) is 10.3. The summed E-state index contributed by atoms with van der Waals surface area (Å²) in [5, 5.41) is 0. The van der Waals surface area contributed by atoms with Crippen LogP contribution in [0.25, 0.3) is 0 Å². The van der Waals surface area contributed by atoms with E-state index in [1.165, 1.54) is 38.5 Å². The lowest BCUT2D eigenvalue weighted by Gasteiger charge is -2.09. The molecule has 1 aliphatic heterocycles. The minimum atomic E-state index is 0.750. The molecule has 0 N–H and O–H groups in total. The van der Waals surface area contributed by atoms with Gasteiger partial charge < -0.3 is 9.47 Å². The zero-order chi connectivity index (χ0) is 25.8. The number of nitrogens with zero attached hydrogens (tertiary/aromatic N) is 5. The third-order valence-electron chi connectivity index (χ3n) is 7.01. The molecule has 0 spiro atoms. The van der Waals surface area contributed by atoms with Crippen molar-refractivity contribution in [2.45, 2.75) is 77.5 Å². The third kappa shape index (κ3) is 8.20. The minimum absolute atomic E-state index is 0.750. The van der Waals surface area contributed by atoms with Gasteiger partial charge >= 0.3 is 0 Å². The first kappa shape index (κ1) is 26.0. The molecule has 4 aromatic rings. The summed E-state index contributed by atoms with van der Waals surface area (Å²) in [6, 6.07) is 14.4. The van der Waals surface area contributed by atoms with Crippen LogP contribution in [0.2, 0.25) is 0 Å². The van der Waals surface area contributed by atoms with Crippen molar-refractivity contribution in [3.8, 4) is 11.5 Å². The molecule has 0 amide bonds. The number of hydrogen-bond donors (Lipinski definition) is 0. The average Bonchev–Trinajstić information content (AvgIpc) is 3.57. The molecule has 1 aromatic carbocycles. The monoisotopic (exact) mass is 515 g/mol. The summed E-state index contributed by atoms with van der Waals surface area (Å²) < 4.78 is 21.0. The number of rotatable bonds is 0. The minimum Gasteiger partial charge on any atom is -0.493 e. The average molecular weight is 516 g/mol. The number of imidazole rings is 2. The van der Waals surface area contributed by atoms with Crippen LogP contribution in [0.3, 0.4) is 0 Å². The van der Waals surface area contributed by atoms with Crippen LogP contribution in [0.1, 0.15) is 62.8 Å². The molecule has 0 saturated carbocycles. The van der Waals surface area contributed by atoms with Gasteiger partial charge in [0, 0.05) is 6.07 Å². The highest BCUT2D eigenvalue weighted by Crippen LogP contribution is 2.20. The van der Waals surface area contributed by atoms with Crippen molar-refractivity contribution < 1.29 is 18.6 Å². The SMILES string of the molecule is c1cc2cc(c1)OCCCCCCn1cc[n+](c1)Cc1cccc(n1)C[n+]1ccn(c1)CCCCCCO2. The van der Waals surface area contributed by atoms with Gasteiger partial charge in [0.2, 0.25) is 12.7 Å². The van der Waals surface area contributed by atoms with Crippen molar-refractivity contribution in [3.63, 3.8) is 0 Å². The molecule has 8 bridgehead atoms. The molecular formula is C31H41N5O2+2. The molecule has 7 nitrogen and oxygen atoms in total. The zero-order valence-corrected chi connectivity index (χ0v) is 22.5. The molecule has 7 heteroatoms. The van der Waals surface area contributed by atoms with Crippen LogP contribution in [-0.2, 0) is 26.2 Å². The Balaban J connectivity index is 1.19. The molecule has 4 heterocycles. The maximum Gasteiger partial charge on any atom is 0.244 e. The molecule has 5 rings (SSSR count). The maximum atomic E-state index is 5.98. The molecule has 0 aliphatic carbocycles. The fraction of sp³-hybridized carbons (Fsp3) is 0.452. The van der Waals surface area contributed by atoms with E-state index >= 15 is 0 Å². The number of aromatic nitrogens is 5. The largest absolute Gasteiger partial charge is 0.493 e. The number of aryl methyl sites for hydroxylation is 2. The van der Waals surface area contributed by atoms with Gasteiger partial charge in [-0.3, -0.25) is 0 Å². The van der Waals surface area contributed by atoms with Gasteiger partial charge in [0.25, 0.3) is 0 Å². The maximum absolute atomic E-state index is 5.98. The molecule has 0 unspecified atom stereocenters. The summed E-state index contributed by atoms with van der Waals surface area (Å²) in [6.45, 7) is 5.15. The second kappa shape index (κ2) is 13.8. The van der Waals surface area contributed by atoms with Gasteiger partial charge in [-0.1, -0.05) is 12.1 Å². The van der Waals surface area contributed by atoms with E-state index < -0.39 is 0 Å². The van der Waals surface area contributed by atoms with Gasteiger partial charge in [0.1, 0.15) is 49.4 Å². The van der Waals surface area contributed by atoms with Crippen molar-refractivity contribution in [2.75, 3.05) is 13.2 Å². The molecule has 1 aliphatic rings. The Bertz CT molecular complexity index is 1180. The number of fused-ring (bicyclic) bond motifs is 8. The summed E-state index contributed by atoms with van der Waals surface area (Å²) >= 11 is 0. The lowest BCUT2D eigenvalue weighted by atomic mass is 10.2. The van der Waals surface area contributed by atoms with Crippen molar-refractivity contribution in [1.82, 2.24) is 14.1 Å². The Morgan fingerprint density at radius 2 is 1.11 bits per heavy atom. The van der Waals surface area contributed by atoms with E-state index in [9.17, 15) is 0 Å². The summed E-state index contributed by atoms with van der Waals surface area (Å²) in [5.41, 5.74) is 2.18. The van der Waals surface area contributed by atoms with Crippen LogP contribution in [0.5, 0.6) is 11.5 Å². The topological polar surface area (TPSA) is 49.0 Å². The van der Waals surface area contributed by atoms with Crippen molar-refractivity contribution in [2.24, 2.45) is 0 Å². The van der Waals surface area contributed by atoms with Crippen molar-refractivity contribution >= 4 is 0 Å². The van der Waals surface area contributed by atoms with E-state index in [2.05, 4.69) is 73.9 Å². The Morgan fingerprint density at radius 3 is 1.66 bits per heavy atom. The lowest BCUT2D eigenvalue weighted by Crippen LogP contribution is -2.34. The molecule has 3 aromatic heterocycles. The van der Waals surface area contributed by atoms with E-state index in [0.717, 1.165) is 75.1 Å². The highest BCUT2D eigenvalue weighted by molar-refractivity contribution is 5.32. The van der Waals surface area contributed by atoms with Crippen LogP contribution < -0.4 is 18.6 Å². The molecule has 0 atom stereocenters. The van der Waals surface area contributed by atoms with Gasteiger partial charge in [0.15, 0.2) is 0 Å². The fourth-order valence-electron chi connectivity index (χ4n) is 4.94. The Morgan fingerprint density at radius 1 is 0.605 bits per heavy atom. The number of hydrogen-bond acceptors (Lipinski definition) is 3. The zero-order valence-electron chi connectivity index (χ0n) is 22.5. The highest BCUT2D eigenvalue weighted by atomic mass is 16.5. The van der Waals surface area contributed by atoms with E-state index in [1.54, 1.807) is 0 Å². The number of benzene rings is 1. The quantitative estimate of drug-likeness (QED) is 0.312. The Kier molecular flexibility index (Phi) is 9.44. The van der Waals surface area contributed by atoms with Crippen LogP contribution in [-0.4, -0.2) is 27.3 Å². The van der Waals surface area contributed by atoms with Gasteiger partial charge in [-0.15, -0.1) is 0 Å². The van der Waals surface area contributed by atoms with Gasteiger partial charge in [-0.25, -0.2) is 23.3 Å². The summed E-state index contributed by atoms with van der Waals surface area (Å²) in [4.78, 5) is 4.93. The van der Waals surface area contributed by atoms with E-state index in [1.807, 2.05) is 24.3 Å². The van der Waals surface area contributed by atoms with E-state index in [4.69, 9.17) is 14.5 Å². The Labute approximate surface area is 226 Å². The first-order valence-corrected chi connectivity index (χ1v) is 14.2. The standard InChI is InChI=1S/C31H41N5O2/c1-3-7-21-37-30-13-10-14-31(23-30)38-22-8-4-2-6-16-34-18-20-36(27-34)25-29-12-9-11-28(32-29)24-35-19-17-33(26-35)15-5-1/h9-14,17-20,23,26-27H,1-8,15-16,21-22,24-25H2/q+2. The highest BCUT2D eigenvalue weighted by Gasteiger charge is 2.10. The Hall–Kier alpha value is -3.61. The van der Waals surface area contributed by atoms with Gasteiger partial charge in [-0.2, -0.15) is 0 Å². The summed E-state index contributed by atoms with van der Waals surface area (Å²) in [5.74, 6) is 1.80. The van der Waals surface area contributed by atoms with Gasteiger partial charge in [-0.05, 0) is 75.6 Å². The van der Waals surface area contributed by atoms with Crippen molar-refractivity contribution in [3.05, 3.63) is 91.3 Å². The predicted octanol–water partition coefficient (Wildman–Crippen LogP) is 4.95. The summed E-state index contributed by atoms with van der Waals surface area (Å²) in [7, 11) is 0. The predicted molar refractivity (Wildman–Crippen MR) is 146 cm³/mol. The molecular weight excluding hydrogens is 474 g/mol. The first-order valence-electron chi connectivity index (χ1n) is 14.2. The molecule has 38 heavy (non-hydrogen) atoms. The van der Waals surface area contributed by atoms with Crippen LogP contribution in [0.15, 0.2) is 79.9 Å². The van der Waals surface area contributed by atoms with Crippen LogP contribution in [0, 0.1) is 0 Å².